The number of imidazole rings is 1. The first-order valence-corrected chi connectivity index (χ1v) is 16.5. The van der Waals surface area contributed by atoms with Crippen LogP contribution in [-0.4, -0.2) is 79.5 Å². The van der Waals surface area contributed by atoms with Crippen molar-refractivity contribution in [3.8, 4) is 0 Å². The summed E-state index contributed by atoms with van der Waals surface area (Å²) in [6, 6.07) is 11.9. The van der Waals surface area contributed by atoms with E-state index < -0.39 is 22.5 Å². The first kappa shape index (κ1) is 35.2. The van der Waals surface area contributed by atoms with Crippen LogP contribution in [0.15, 0.2) is 64.4 Å². The minimum absolute atomic E-state index is 0.0371. The molecule has 1 saturated heterocycles. The number of halogens is 1. The van der Waals surface area contributed by atoms with E-state index >= 15 is 0 Å². The van der Waals surface area contributed by atoms with Gasteiger partial charge < -0.3 is 24.2 Å². The van der Waals surface area contributed by atoms with Crippen molar-refractivity contribution in [2.45, 2.75) is 59.1 Å². The molecule has 1 aliphatic rings. The van der Waals surface area contributed by atoms with Crippen LogP contribution in [0.25, 0.3) is 12.2 Å². The number of piperazine rings is 1. The highest BCUT2D eigenvalue weighted by Gasteiger charge is 2.25. The molecule has 12 heteroatoms. The molecule has 0 radical (unpaired) electrons. The Kier molecular flexibility index (Phi) is 10.8. The monoisotopic (exact) mass is 670 g/mol. The molecule has 0 saturated carbocycles. The minimum Gasteiger partial charge on any atom is -0.444 e. The van der Waals surface area contributed by atoms with E-state index in [1.807, 2.05) is 20.8 Å². The highest BCUT2D eigenvalue weighted by Crippen LogP contribution is 2.20. The molecule has 49 heavy (non-hydrogen) atoms. The lowest BCUT2D eigenvalue weighted by atomic mass is 10.0. The molecule has 1 aliphatic heterocycles. The first-order chi connectivity index (χ1) is 23.3. The number of ketones is 1. The Bertz CT molecular complexity index is 2050. The van der Waals surface area contributed by atoms with Gasteiger partial charge in [-0.15, -0.1) is 0 Å². The Morgan fingerprint density at radius 1 is 0.918 bits per heavy atom. The van der Waals surface area contributed by atoms with Gasteiger partial charge in [0.15, 0.2) is 5.78 Å². The van der Waals surface area contributed by atoms with Crippen molar-refractivity contribution < 1.29 is 18.7 Å². The molecule has 4 aromatic rings. The van der Waals surface area contributed by atoms with Crippen LogP contribution in [0.4, 0.5) is 9.18 Å². The molecule has 0 unspecified atom stereocenters. The fourth-order valence-electron chi connectivity index (χ4n) is 5.81. The van der Waals surface area contributed by atoms with Gasteiger partial charge in [0, 0.05) is 49.5 Å². The summed E-state index contributed by atoms with van der Waals surface area (Å²) in [5, 5.41) is 0.118. The van der Waals surface area contributed by atoms with Crippen molar-refractivity contribution in [1.29, 1.82) is 0 Å². The SMILES string of the molecule is CC(C)c1c(/C=c2\[nH]c(=O)/c(=C/c3cccc(C(=O)c4ccc(F)cc4)c3)[nH]c2=O)ncn1CCCN1CCN(C(=O)OC(C)(C)C)CC1. The summed E-state index contributed by atoms with van der Waals surface area (Å²) in [5.74, 6) is -0.619. The summed E-state index contributed by atoms with van der Waals surface area (Å²) in [6.45, 7) is 14.1. The average Bonchev–Trinajstić information content (AvgIpc) is 3.45. The Morgan fingerprint density at radius 2 is 1.57 bits per heavy atom. The molecule has 2 aromatic carbocycles. The van der Waals surface area contributed by atoms with Crippen molar-refractivity contribution in [2.24, 2.45) is 0 Å². The number of nitrogens with one attached hydrogen (secondary N) is 2. The van der Waals surface area contributed by atoms with E-state index in [1.165, 1.54) is 30.3 Å². The number of H-pyrrole nitrogens is 2. The summed E-state index contributed by atoms with van der Waals surface area (Å²) < 4.78 is 20.9. The van der Waals surface area contributed by atoms with Crippen LogP contribution in [0, 0.1) is 5.82 Å². The second-order valence-electron chi connectivity index (χ2n) is 13.5. The third-order valence-corrected chi connectivity index (χ3v) is 8.19. The number of ether oxygens (including phenoxy) is 1. The number of amides is 1. The van der Waals surface area contributed by atoms with Crippen molar-refractivity contribution in [2.75, 3.05) is 32.7 Å². The molecular weight excluding hydrogens is 627 g/mol. The van der Waals surface area contributed by atoms with Gasteiger partial charge in [-0.3, -0.25) is 19.3 Å². The third kappa shape index (κ3) is 9.08. The van der Waals surface area contributed by atoms with E-state index in [4.69, 9.17) is 4.74 Å². The number of aromatic amines is 2. The van der Waals surface area contributed by atoms with Gasteiger partial charge in [-0.25, -0.2) is 14.2 Å². The summed E-state index contributed by atoms with van der Waals surface area (Å²) in [7, 11) is 0. The number of hydrogen-bond donors (Lipinski definition) is 2. The molecule has 0 aliphatic carbocycles. The van der Waals surface area contributed by atoms with E-state index in [1.54, 1.807) is 41.6 Å². The quantitative estimate of drug-likeness (QED) is 0.261. The first-order valence-electron chi connectivity index (χ1n) is 16.5. The molecule has 258 valence electrons. The van der Waals surface area contributed by atoms with Gasteiger partial charge in [0.2, 0.25) is 0 Å². The van der Waals surface area contributed by atoms with Gasteiger partial charge in [0.1, 0.15) is 22.1 Å². The third-order valence-electron chi connectivity index (χ3n) is 8.19. The lowest BCUT2D eigenvalue weighted by Gasteiger charge is -2.35. The van der Waals surface area contributed by atoms with Crippen molar-refractivity contribution in [1.82, 2.24) is 29.3 Å². The normalized spacial score (nSPS) is 14.9. The van der Waals surface area contributed by atoms with Crippen molar-refractivity contribution >= 4 is 24.0 Å². The smallest absolute Gasteiger partial charge is 0.410 e. The van der Waals surface area contributed by atoms with Crippen LogP contribution in [0.3, 0.4) is 0 Å². The Labute approximate surface area is 283 Å². The molecule has 3 heterocycles. The van der Waals surface area contributed by atoms with Crippen LogP contribution in [-0.2, 0) is 11.3 Å². The van der Waals surface area contributed by atoms with Gasteiger partial charge in [-0.05, 0) is 87.7 Å². The Morgan fingerprint density at radius 3 is 2.20 bits per heavy atom. The maximum Gasteiger partial charge on any atom is 0.410 e. The molecule has 1 fully saturated rings. The van der Waals surface area contributed by atoms with E-state index in [-0.39, 0.29) is 28.5 Å². The zero-order valence-electron chi connectivity index (χ0n) is 28.6. The van der Waals surface area contributed by atoms with Crippen LogP contribution in [0.5, 0.6) is 0 Å². The maximum atomic E-state index is 13.3. The molecule has 2 aromatic heterocycles. The van der Waals surface area contributed by atoms with Gasteiger partial charge in [0.25, 0.3) is 11.1 Å². The van der Waals surface area contributed by atoms with E-state index in [0.717, 1.165) is 38.3 Å². The Hall–Kier alpha value is -5.10. The molecule has 11 nitrogen and oxygen atoms in total. The van der Waals surface area contributed by atoms with E-state index in [2.05, 4.69) is 38.3 Å². The van der Waals surface area contributed by atoms with Crippen LogP contribution < -0.4 is 21.8 Å². The van der Waals surface area contributed by atoms with Gasteiger partial charge >= 0.3 is 6.09 Å². The Balaban J connectivity index is 1.28. The highest BCUT2D eigenvalue weighted by atomic mass is 19.1. The van der Waals surface area contributed by atoms with Crippen LogP contribution in [0.2, 0.25) is 0 Å². The predicted octanol–water partition coefficient (Wildman–Crippen LogP) is 3.35. The van der Waals surface area contributed by atoms with Crippen LogP contribution >= 0.6 is 0 Å². The maximum absolute atomic E-state index is 13.3. The highest BCUT2D eigenvalue weighted by molar-refractivity contribution is 6.09. The summed E-state index contributed by atoms with van der Waals surface area (Å²) in [5.41, 5.74) is 1.29. The average molecular weight is 671 g/mol. The second-order valence-corrected chi connectivity index (χ2v) is 13.5. The molecule has 0 spiro atoms. The number of benzene rings is 2. The van der Waals surface area contributed by atoms with Gasteiger partial charge in [-0.1, -0.05) is 32.0 Å². The fraction of sp³-hybridized carbons (Fsp3) is 0.378. The lowest BCUT2D eigenvalue weighted by Crippen LogP contribution is -2.50. The fourth-order valence-corrected chi connectivity index (χ4v) is 5.81. The number of carbonyl (C=O) groups excluding carboxylic acids is 2. The molecule has 0 atom stereocenters. The van der Waals surface area contributed by atoms with E-state index in [0.29, 0.717) is 35.5 Å². The number of carbonyl (C=O) groups is 2. The molecule has 1 amide bonds. The summed E-state index contributed by atoms with van der Waals surface area (Å²) in [6.07, 6.45) is 5.45. The standard InChI is InChI=1S/C37H43FN6O5/c1-24(2)32-29(39-23-44(32)15-7-14-42-16-18-43(19-17-42)36(48)49-37(3,4)5)22-31-35(47)40-30(34(46)41-31)21-25-8-6-9-27(20-25)33(45)26-10-12-28(38)13-11-26/h6,8-13,20-24H,7,14-19H2,1-5H3,(H,40,47)(H,41,46)/b30-21-,31-22-. The summed E-state index contributed by atoms with van der Waals surface area (Å²) >= 11 is 0. The van der Waals surface area contributed by atoms with Gasteiger partial charge in [-0.2, -0.15) is 0 Å². The van der Waals surface area contributed by atoms with E-state index in [9.17, 15) is 23.6 Å². The summed E-state index contributed by atoms with van der Waals surface area (Å²) in [4.78, 5) is 65.4. The largest absolute Gasteiger partial charge is 0.444 e. The minimum atomic E-state index is -0.514. The lowest BCUT2D eigenvalue weighted by molar-refractivity contribution is 0.0143. The number of rotatable bonds is 9. The number of aryl methyl sites for hydroxylation is 1. The van der Waals surface area contributed by atoms with Crippen molar-refractivity contribution in [3.63, 3.8) is 0 Å². The molecule has 2 N–H and O–H groups in total. The molecular formula is C37H43FN6O5. The zero-order valence-corrected chi connectivity index (χ0v) is 28.6. The molecule has 0 bridgehead atoms. The molecule has 5 rings (SSSR count). The second kappa shape index (κ2) is 15.0. The van der Waals surface area contributed by atoms with Crippen molar-refractivity contribution in [3.05, 3.63) is 120 Å². The zero-order chi connectivity index (χ0) is 35.3. The number of nitrogens with zero attached hydrogens (tertiary/aromatic N) is 4. The van der Waals surface area contributed by atoms with Gasteiger partial charge in [0.05, 0.1) is 12.0 Å². The number of hydrogen-bond acceptors (Lipinski definition) is 7. The predicted molar refractivity (Wildman–Crippen MR) is 186 cm³/mol. The van der Waals surface area contributed by atoms with Crippen LogP contribution in [0.1, 0.15) is 79.8 Å². The number of aromatic nitrogens is 4. The topological polar surface area (TPSA) is 133 Å².